The molecule has 6 nitrogen and oxygen atoms in total. The van der Waals surface area contributed by atoms with Gasteiger partial charge in [-0.25, -0.2) is 4.68 Å². The summed E-state index contributed by atoms with van der Waals surface area (Å²) in [5, 5.41) is 7.16. The summed E-state index contributed by atoms with van der Waals surface area (Å²) in [4.78, 5) is 12.2. The van der Waals surface area contributed by atoms with Gasteiger partial charge in [-0.1, -0.05) is 6.07 Å². The summed E-state index contributed by atoms with van der Waals surface area (Å²) in [5.74, 6) is -0.236. The van der Waals surface area contributed by atoms with E-state index in [-0.39, 0.29) is 5.91 Å². The molecule has 0 aliphatic rings. The lowest BCUT2D eigenvalue weighted by atomic mass is 10.1. The molecule has 0 unspecified atom stereocenters. The van der Waals surface area contributed by atoms with Gasteiger partial charge in [0.05, 0.1) is 17.8 Å². The number of methoxy groups -OCH3 is 1. The maximum absolute atomic E-state index is 12.2. The van der Waals surface area contributed by atoms with Crippen LogP contribution in [0.5, 0.6) is 0 Å². The SMILES string of the molecule is COCC(C)(C)NC(=O)c1ccn(-c2cccc(N)c2)n1. The van der Waals surface area contributed by atoms with Crippen LogP contribution in [0.1, 0.15) is 24.3 Å². The molecule has 0 saturated carbocycles. The van der Waals surface area contributed by atoms with Crippen molar-refractivity contribution in [2.75, 3.05) is 19.5 Å². The number of nitrogen functional groups attached to an aromatic ring is 1. The van der Waals surface area contributed by atoms with Gasteiger partial charge >= 0.3 is 0 Å². The molecular formula is C15H20N4O2. The molecule has 0 atom stereocenters. The Morgan fingerprint density at radius 3 is 2.86 bits per heavy atom. The summed E-state index contributed by atoms with van der Waals surface area (Å²) >= 11 is 0. The molecule has 21 heavy (non-hydrogen) atoms. The van der Waals surface area contributed by atoms with Crippen LogP contribution in [0, 0.1) is 0 Å². The highest BCUT2D eigenvalue weighted by Crippen LogP contribution is 2.12. The van der Waals surface area contributed by atoms with Crippen LogP contribution in [0.15, 0.2) is 36.5 Å². The van der Waals surface area contributed by atoms with Crippen molar-refractivity contribution in [3.05, 3.63) is 42.2 Å². The minimum Gasteiger partial charge on any atom is -0.399 e. The Hall–Kier alpha value is -2.34. The third kappa shape index (κ3) is 3.82. The van der Waals surface area contributed by atoms with Gasteiger partial charge < -0.3 is 15.8 Å². The van der Waals surface area contributed by atoms with E-state index in [1.807, 2.05) is 26.0 Å². The summed E-state index contributed by atoms with van der Waals surface area (Å²) < 4.78 is 6.70. The number of carbonyl (C=O) groups excluding carboxylic acids is 1. The van der Waals surface area contributed by atoms with Crippen LogP contribution >= 0.6 is 0 Å². The van der Waals surface area contributed by atoms with E-state index in [1.165, 1.54) is 0 Å². The van der Waals surface area contributed by atoms with Gasteiger partial charge in [-0.05, 0) is 38.1 Å². The summed E-state index contributed by atoms with van der Waals surface area (Å²) in [6.45, 7) is 4.21. The zero-order chi connectivity index (χ0) is 15.5. The molecule has 0 radical (unpaired) electrons. The van der Waals surface area contributed by atoms with Crippen LogP contribution < -0.4 is 11.1 Å². The van der Waals surface area contributed by atoms with Gasteiger partial charge in [-0.3, -0.25) is 4.79 Å². The lowest BCUT2D eigenvalue weighted by Crippen LogP contribution is -2.46. The normalized spacial score (nSPS) is 11.4. The van der Waals surface area contributed by atoms with Crippen molar-refractivity contribution >= 4 is 11.6 Å². The van der Waals surface area contributed by atoms with Crippen molar-refractivity contribution in [2.45, 2.75) is 19.4 Å². The molecule has 0 saturated heterocycles. The topological polar surface area (TPSA) is 82.2 Å². The lowest BCUT2D eigenvalue weighted by Gasteiger charge is -2.24. The van der Waals surface area contributed by atoms with Crippen LogP contribution in [-0.2, 0) is 4.74 Å². The highest BCUT2D eigenvalue weighted by atomic mass is 16.5. The van der Waals surface area contributed by atoms with E-state index in [2.05, 4.69) is 10.4 Å². The third-order valence-corrected chi connectivity index (χ3v) is 2.91. The van der Waals surface area contributed by atoms with Gasteiger partial charge in [-0.15, -0.1) is 0 Å². The van der Waals surface area contributed by atoms with Crippen molar-refractivity contribution in [2.24, 2.45) is 0 Å². The zero-order valence-corrected chi connectivity index (χ0v) is 12.5. The largest absolute Gasteiger partial charge is 0.399 e. The number of nitrogens with one attached hydrogen (secondary N) is 1. The smallest absolute Gasteiger partial charge is 0.272 e. The van der Waals surface area contributed by atoms with Crippen molar-refractivity contribution in [1.29, 1.82) is 0 Å². The van der Waals surface area contributed by atoms with Crippen molar-refractivity contribution in [1.82, 2.24) is 15.1 Å². The fraction of sp³-hybridized carbons (Fsp3) is 0.333. The van der Waals surface area contributed by atoms with Gasteiger partial charge in [0.1, 0.15) is 0 Å². The minimum absolute atomic E-state index is 0.236. The Labute approximate surface area is 123 Å². The van der Waals surface area contributed by atoms with Gasteiger partial charge in [-0.2, -0.15) is 5.10 Å². The monoisotopic (exact) mass is 288 g/mol. The van der Waals surface area contributed by atoms with Crippen molar-refractivity contribution < 1.29 is 9.53 Å². The average molecular weight is 288 g/mol. The van der Waals surface area contributed by atoms with Crippen LogP contribution in [0.4, 0.5) is 5.69 Å². The Bertz CT molecular complexity index is 634. The van der Waals surface area contributed by atoms with E-state index >= 15 is 0 Å². The van der Waals surface area contributed by atoms with E-state index in [9.17, 15) is 4.79 Å². The molecular weight excluding hydrogens is 268 g/mol. The van der Waals surface area contributed by atoms with Gasteiger partial charge in [0.25, 0.3) is 5.91 Å². The molecule has 3 N–H and O–H groups in total. The molecule has 0 fully saturated rings. The summed E-state index contributed by atoms with van der Waals surface area (Å²) in [5.41, 5.74) is 7.10. The Morgan fingerprint density at radius 1 is 1.43 bits per heavy atom. The lowest BCUT2D eigenvalue weighted by molar-refractivity contribution is 0.0815. The number of aromatic nitrogens is 2. The van der Waals surface area contributed by atoms with E-state index < -0.39 is 5.54 Å². The second kappa shape index (κ2) is 5.97. The molecule has 2 aromatic rings. The molecule has 1 heterocycles. The maximum Gasteiger partial charge on any atom is 0.272 e. The fourth-order valence-electron chi connectivity index (χ4n) is 2.02. The number of hydrogen-bond acceptors (Lipinski definition) is 4. The molecule has 0 bridgehead atoms. The highest BCUT2D eigenvalue weighted by Gasteiger charge is 2.22. The fourth-order valence-corrected chi connectivity index (χ4v) is 2.02. The number of benzene rings is 1. The highest BCUT2D eigenvalue weighted by molar-refractivity contribution is 5.92. The average Bonchev–Trinajstić information content (AvgIpc) is 2.87. The maximum atomic E-state index is 12.2. The molecule has 0 aliphatic heterocycles. The molecule has 0 spiro atoms. The molecule has 6 heteroatoms. The standard InChI is InChI=1S/C15H20N4O2/c1-15(2,10-21-3)17-14(20)13-7-8-19(18-13)12-6-4-5-11(16)9-12/h4-9H,10,16H2,1-3H3,(H,17,20). The van der Waals surface area contributed by atoms with Crippen LogP contribution in [0.3, 0.4) is 0 Å². The number of amides is 1. The van der Waals surface area contributed by atoms with Crippen molar-refractivity contribution in [3.63, 3.8) is 0 Å². The predicted octanol–water partition coefficient (Wildman–Crippen LogP) is 1.61. The van der Waals surface area contributed by atoms with Gasteiger partial charge in [0.15, 0.2) is 5.69 Å². The van der Waals surface area contributed by atoms with E-state index in [0.717, 1.165) is 5.69 Å². The first-order valence-electron chi connectivity index (χ1n) is 6.64. The summed E-state index contributed by atoms with van der Waals surface area (Å²) in [6, 6.07) is 8.98. The van der Waals surface area contributed by atoms with E-state index in [1.54, 1.807) is 36.2 Å². The van der Waals surface area contributed by atoms with E-state index in [0.29, 0.717) is 18.0 Å². The van der Waals surface area contributed by atoms with Crippen LogP contribution in [0.2, 0.25) is 0 Å². The Balaban J connectivity index is 2.14. The number of hydrogen-bond donors (Lipinski definition) is 2. The first-order valence-corrected chi connectivity index (χ1v) is 6.64. The first-order chi connectivity index (χ1) is 9.91. The number of carbonyl (C=O) groups is 1. The number of nitrogens with two attached hydrogens (primary N) is 1. The second-order valence-electron chi connectivity index (χ2n) is 5.51. The third-order valence-electron chi connectivity index (χ3n) is 2.91. The second-order valence-corrected chi connectivity index (χ2v) is 5.51. The molecule has 1 amide bonds. The summed E-state index contributed by atoms with van der Waals surface area (Å²) in [7, 11) is 1.60. The van der Waals surface area contributed by atoms with Crippen LogP contribution in [-0.4, -0.2) is 34.9 Å². The Kier molecular flexibility index (Phi) is 4.28. The number of rotatable bonds is 5. The number of ether oxygens (including phenoxy) is 1. The van der Waals surface area contributed by atoms with Gasteiger partial charge in [0, 0.05) is 19.0 Å². The van der Waals surface area contributed by atoms with Crippen LogP contribution in [0.25, 0.3) is 5.69 Å². The molecule has 2 rings (SSSR count). The number of anilines is 1. The quantitative estimate of drug-likeness (QED) is 0.819. The summed E-state index contributed by atoms with van der Waals surface area (Å²) in [6.07, 6.45) is 1.73. The molecule has 1 aromatic heterocycles. The zero-order valence-electron chi connectivity index (χ0n) is 12.5. The first kappa shape index (κ1) is 15.1. The number of nitrogens with zero attached hydrogens (tertiary/aromatic N) is 2. The van der Waals surface area contributed by atoms with Crippen molar-refractivity contribution in [3.8, 4) is 5.69 Å². The minimum atomic E-state index is -0.452. The molecule has 1 aromatic carbocycles. The predicted molar refractivity (Wildman–Crippen MR) is 81.4 cm³/mol. The molecule has 112 valence electrons. The van der Waals surface area contributed by atoms with Gasteiger partial charge in [0.2, 0.25) is 0 Å². The van der Waals surface area contributed by atoms with E-state index in [4.69, 9.17) is 10.5 Å². The molecule has 0 aliphatic carbocycles. The Morgan fingerprint density at radius 2 is 2.19 bits per heavy atom.